The Morgan fingerprint density at radius 2 is 1.88 bits per heavy atom. The fourth-order valence-corrected chi connectivity index (χ4v) is 4.71. The number of halogens is 2. The van der Waals surface area contributed by atoms with E-state index in [1.165, 1.54) is 18.4 Å². The molecule has 33 heavy (non-hydrogen) atoms. The van der Waals surface area contributed by atoms with Crippen molar-refractivity contribution in [1.29, 1.82) is 0 Å². The van der Waals surface area contributed by atoms with Crippen molar-refractivity contribution in [1.82, 2.24) is 14.6 Å². The zero-order valence-corrected chi connectivity index (χ0v) is 22.2. The molecule has 1 aliphatic rings. The Morgan fingerprint density at radius 3 is 2.58 bits per heavy atom. The second-order valence-corrected chi connectivity index (χ2v) is 10.5. The molecule has 0 aliphatic carbocycles. The highest BCUT2D eigenvalue weighted by Gasteiger charge is 2.21. The third-order valence-electron chi connectivity index (χ3n) is 5.98. The number of ether oxygens (including phenoxy) is 1. The van der Waals surface area contributed by atoms with E-state index < -0.39 is 10.0 Å². The number of nitrogens with zero attached hydrogens (tertiary/aromatic N) is 2. The van der Waals surface area contributed by atoms with E-state index in [0.29, 0.717) is 6.54 Å². The number of pyridine rings is 1. The molecule has 0 radical (unpaired) electrons. The van der Waals surface area contributed by atoms with Crippen molar-refractivity contribution in [2.24, 2.45) is 0 Å². The Balaban J connectivity index is 0.00000272. The molecule has 9 heteroatoms. The lowest BCUT2D eigenvalue weighted by Gasteiger charge is -2.32. The zero-order chi connectivity index (χ0) is 22.1. The number of hydrogen-bond acceptors (Lipinski definition) is 5. The van der Waals surface area contributed by atoms with Gasteiger partial charge in [0, 0.05) is 31.2 Å². The smallest absolute Gasteiger partial charge is 0.211 e. The molecule has 0 bridgehead atoms. The molecule has 0 saturated carbocycles. The Bertz CT molecular complexity index is 936. The number of piperidine rings is 1. The highest BCUT2D eigenvalue weighted by atomic mass is 35.5. The number of aryl methyl sites for hydroxylation is 1. The Labute approximate surface area is 211 Å². The molecule has 188 valence electrons. The Kier molecular flexibility index (Phi) is 13.6. The van der Waals surface area contributed by atoms with Crippen LogP contribution in [0.3, 0.4) is 0 Å². The number of nitrogens with one attached hydrogen (secondary N) is 1. The molecule has 0 atom stereocenters. The van der Waals surface area contributed by atoms with Gasteiger partial charge in [-0.05, 0) is 75.8 Å². The van der Waals surface area contributed by atoms with Crippen molar-refractivity contribution in [2.45, 2.75) is 64.9 Å². The van der Waals surface area contributed by atoms with Gasteiger partial charge in [-0.1, -0.05) is 19.4 Å². The fraction of sp³-hybridized carbons (Fsp3) is 0.625. The van der Waals surface area contributed by atoms with Crippen LogP contribution in [0.2, 0.25) is 0 Å². The average Bonchev–Trinajstić information content (AvgIpc) is 2.78. The summed E-state index contributed by atoms with van der Waals surface area (Å²) in [4.78, 5) is 7.04. The van der Waals surface area contributed by atoms with Gasteiger partial charge in [0.2, 0.25) is 10.0 Å². The monoisotopic (exact) mass is 519 g/mol. The standard InChI is InChI=1S/C24H37N3O3S.2ClH/c1-3-5-9-20-18-21-10-8-13-25-24(21)23(19-20)30-22-11-16-27(17-12-22)15-7-6-14-26-31(28,29)4-2;;/h8,10,13,18-19,22,26H,3-7,9,11-12,14-17H2,1-2H3;2*1H. The van der Waals surface area contributed by atoms with Gasteiger partial charge in [0.1, 0.15) is 17.4 Å². The maximum Gasteiger partial charge on any atom is 0.211 e. The van der Waals surface area contributed by atoms with Crippen molar-refractivity contribution in [3.8, 4) is 5.75 Å². The zero-order valence-electron chi connectivity index (χ0n) is 19.8. The van der Waals surface area contributed by atoms with E-state index in [-0.39, 0.29) is 36.7 Å². The lowest BCUT2D eigenvalue weighted by Crippen LogP contribution is -2.39. The molecule has 1 aliphatic heterocycles. The van der Waals surface area contributed by atoms with Gasteiger partial charge in [-0.25, -0.2) is 13.1 Å². The molecule has 0 unspecified atom stereocenters. The third kappa shape index (κ3) is 9.57. The number of sulfonamides is 1. The minimum absolute atomic E-state index is 0. The van der Waals surface area contributed by atoms with Crippen LogP contribution < -0.4 is 9.46 Å². The summed E-state index contributed by atoms with van der Waals surface area (Å²) >= 11 is 0. The topological polar surface area (TPSA) is 71.5 Å². The molecule has 0 amide bonds. The van der Waals surface area contributed by atoms with Gasteiger partial charge in [-0.3, -0.25) is 4.98 Å². The van der Waals surface area contributed by atoms with Crippen LogP contribution in [0.4, 0.5) is 0 Å². The predicted molar refractivity (Wildman–Crippen MR) is 142 cm³/mol. The molecule has 1 aromatic heterocycles. The number of unbranched alkanes of at least 4 members (excludes halogenated alkanes) is 2. The number of aromatic nitrogens is 1. The summed E-state index contributed by atoms with van der Waals surface area (Å²) in [5.41, 5.74) is 2.29. The van der Waals surface area contributed by atoms with Crippen LogP contribution in [-0.4, -0.2) is 56.3 Å². The highest BCUT2D eigenvalue weighted by molar-refractivity contribution is 7.89. The first-order valence-corrected chi connectivity index (χ1v) is 13.4. The van der Waals surface area contributed by atoms with Crippen molar-refractivity contribution in [2.75, 3.05) is 31.9 Å². The average molecular weight is 521 g/mol. The maximum absolute atomic E-state index is 11.5. The predicted octanol–water partition coefficient (Wildman–Crippen LogP) is 4.98. The molecule has 1 saturated heterocycles. The van der Waals surface area contributed by atoms with Gasteiger partial charge >= 0.3 is 0 Å². The fourth-order valence-electron chi connectivity index (χ4n) is 4.05. The van der Waals surface area contributed by atoms with Crippen molar-refractivity contribution in [3.05, 3.63) is 36.0 Å². The second kappa shape index (κ2) is 15.0. The normalized spacial score (nSPS) is 15.1. The van der Waals surface area contributed by atoms with Crippen molar-refractivity contribution < 1.29 is 13.2 Å². The van der Waals surface area contributed by atoms with Gasteiger partial charge in [-0.2, -0.15) is 0 Å². The van der Waals surface area contributed by atoms with Crippen LogP contribution in [0.1, 0.15) is 57.9 Å². The molecule has 2 aromatic rings. The minimum Gasteiger partial charge on any atom is -0.488 e. The van der Waals surface area contributed by atoms with Crippen LogP contribution in [0.5, 0.6) is 5.75 Å². The number of likely N-dealkylation sites (tertiary alicyclic amines) is 1. The molecular formula is C24H39Cl2N3O3S. The van der Waals surface area contributed by atoms with Crippen LogP contribution >= 0.6 is 24.8 Å². The van der Waals surface area contributed by atoms with Gasteiger partial charge in [0.15, 0.2) is 0 Å². The Morgan fingerprint density at radius 1 is 1.12 bits per heavy atom. The van der Waals surface area contributed by atoms with Gasteiger partial charge in [0.25, 0.3) is 0 Å². The summed E-state index contributed by atoms with van der Waals surface area (Å²) < 4.78 is 32.0. The lowest BCUT2D eigenvalue weighted by atomic mass is 10.0. The van der Waals surface area contributed by atoms with E-state index in [9.17, 15) is 8.42 Å². The highest BCUT2D eigenvalue weighted by Crippen LogP contribution is 2.29. The number of hydrogen-bond donors (Lipinski definition) is 1. The maximum atomic E-state index is 11.5. The van der Waals surface area contributed by atoms with Gasteiger partial charge < -0.3 is 9.64 Å². The van der Waals surface area contributed by atoms with Gasteiger partial charge in [-0.15, -0.1) is 24.8 Å². The molecule has 3 rings (SSSR count). The summed E-state index contributed by atoms with van der Waals surface area (Å²) in [6, 6.07) is 8.54. The molecule has 1 N–H and O–H groups in total. The molecule has 1 fully saturated rings. The quantitative estimate of drug-likeness (QED) is 0.400. The molecule has 1 aromatic carbocycles. The van der Waals surface area contributed by atoms with E-state index in [1.54, 1.807) is 6.92 Å². The molecule has 2 heterocycles. The molecule has 6 nitrogen and oxygen atoms in total. The summed E-state index contributed by atoms with van der Waals surface area (Å²) in [6.45, 7) is 7.46. The van der Waals surface area contributed by atoms with E-state index >= 15 is 0 Å². The second-order valence-electron chi connectivity index (χ2n) is 8.44. The van der Waals surface area contributed by atoms with Crippen LogP contribution in [0.15, 0.2) is 30.5 Å². The van der Waals surface area contributed by atoms with E-state index in [4.69, 9.17) is 4.74 Å². The molecule has 0 spiro atoms. The SMILES string of the molecule is CCCCc1cc(OC2CCN(CCCCNS(=O)(=O)CC)CC2)c2ncccc2c1.Cl.Cl. The number of fused-ring (bicyclic) bond motifs is 1. The summed E-state index contributed by atoms with van der Waals surface area (Å²) in [6.07, 6.45) is 9.40. The van der Waals surface area contributed by atoms with E-state index in [0.717, 1.165) is 68.4 Å². The lowest BCUT2D eigenvalue weighted by molar-refractivity contribution is 0.101. The number of benzene rings is 1. The van der Waals surface area contributed by atoms with Crippen LogP contribution in [0.25, 0.3) is 10.9 Å². The first-order chi connectivity index (χ1) is 15.0. The minimum atomic E-state index is -3.07. The Hall–Kier alpha value is -1.12. The third-order valence-corrected chi connectivity index (χ3v) is 7.38. The summed E-state index contributed by atoms with van der Waals surface area (Å²) in [5, 5.41) is 1.15. The number of rotatable bonds is 12. The largest absolute Gasteiger partial charge is 0.488 e. The molecular weight excluding hydrogens is 481 g/mol. The van der Waals surface area contributed by atoms with Crippen molar-refractivity contribution >= 4 is 45.7 Å². The van der Waals surface area contributed by atoms with Crippen LogP contribution in [0, 0.1) is 0 Å². The first-order valence-electron chi connectivity index (χ1n) is 11.7. The van der Waals surface area contributed by atoms with Gasteiger partial charge in [0.05, 0.1) is 5.75 Å². The summed E-state index contributed by atoms with van der Waals surface area (Å²) in [5.74, 6) is 1.07. The summed E-state index contributed by atoms with van der Waals surface area (Å²) in [7, 11) is -3.07. The first kappa shape index (κ1) is 29.9. The van der Waals surface area contributed by atoms with Crippen molar-refractivity contribution in [3.63, 3.8) is 0 Å². The van der Waals surface area contributed by atoms with Crippen LogP contribution in [-0.2, 0) is 16.4 Å². The van der Waals surface area contributed by atoms with E-state index in [1.807, 2.05) is 12.3 Å². The van der Waals surface area contributed by atoms with E-state index in [2.05, 4.69) is 39.7 Å².